The van der Waals surface area contributed by atoms with Crippen LogP contribution in [0.2, 0.25) is 0 Å². The van der Waals surface area contributed by atoms with Crippen molar-refractivity contribution < 1.29 is 18.3 Å². The van der Waals surface area contributed by atoms with E-state index in [-0.39, 0.29) is 24.6 Å². The zero-order valence-corrected chi connectivity index (χ0v) is 8.90. The van der Waals surface area contributed by atoms with E-state index >= 15 is 0 Å². The molecule has 1 rings (SSSR count). The van der Waals surface area contributed by atoms with Crippen LogP contribution in [0.3, 0.4) is 0 Å². The van der Waals surface area contributed by atoms with Crippen LogP contribution in [0.4, 0.5) is 8.78 Å². The molecule has 16 heavy (non-hydrogen) atoms. The van der Waals surface area contributed by atoms with Gasteiger partial charge in [0.25, 0.3) is 0 Å². The van der Waals surface area contributed by atoms with Gasteiger partial charge in [-0.05, 0) is 18.1 Å². The maximum atomic E-state index is 12.0. The van der Waals surface area contributed by atoms with Crippen LogP contribution >= 0.6 is 0 Å². The van der Waals surface area contributed by atoms with E-state index in [4.69, 9.17) is 4.74 Å². The Morgan fingerprint density at radius 2 is 2.25 bits per heavy atom. The zero-order chi connectivity index (χ0) is 12.0. The van der Waals surface area contributed by atoms with Gasteiger partial charge in [-0.1, -0.05) is 13.0 Å². The second-order valence-electron chi connectivity index (χ2n) is 3.55. The largest absolute Gasteiger partial charge is 0.461 e. The minimum atomic E-state index is -2.37. The number of halogens is 2. The Bertz CT molecular complexity index is 330. The summed E-state index contributed by atoms with van der Waals surface area (Å²) in [5.74, 6) is -0.936. The number of pyridine rings is 1. The first-order valence-electron chi connectivity index (χ1n) is 4.96. The molecule has 0 bridgehead atoms. The van der Waals surface area contributed by atoms with Crippen molar-refractivity contribution in [3.05, 3.63) is 30.1 Å². The summed E-state index contributed by atoms with van der Waals surface area (Å²) in [5, 5.41) is 0. The summed E-state index contributed by atoms with van der Waals surface area (Å²) in [6.45, 7) is 1.59. The normalized spacial score (nSPS) is 12.5. The number of carbonyl (C=O) groups excluding carboxylic acids is 1. The van der Waals surface area contributed by atoms with Gasteiger partial charge in [-0.25, -0.2) is 18.6 Å². The standard InChI is InChI=1S/C11H13F2NO2/c1-8(6-10(12)13)7-16-11(15)9-4-2-3-5-14-9/h2-5,8,10H,6-7H2,1H3. The molecule has 1 aromatic rings. The van der Waals surface area contributed by atoms with Crippen LogP contribution < -0.4 is 0 Å². The highest BCUT2D eigenvalue weighted by Gasteiger charge is 2.14. The van der Waals surface area contributed by atoms with E-state index in [0.29, 0.717) is 0 Å². The van der Waals surface area contributed by atoms with E-state index in [1.807, 2.05) is 0 Å². The molecule has 0 aromatic carbocycles. The van der Waals surface area contributed by atoms with Crippen LogP contribution in [-0.2, 0) is 4.74 Å². The Hall–Kier alpha value is -1.52. The van der Waals surface area contributed by atoms with E-state index in [1.54, 1.807) is 19.1 Å². The summed E-state index contributed by atoms with van der Waals surface area (Å²) in [5.41, 5.74) is 0.187. The van der Waals surface area contributed by atoms with Crippen LogP contribution in [0.1, 0.15) is 23.8 Å². The van der Waals surface area contributed by atoms with Gasteiger partial charge in [0.2, 0.25) is 6.43 Å². The van der Waals surface area contributed by atoms with Gasteiger partial charge in [0.05, 0.1) is 6.61 Å². The Kier molecular flexibility index (Phi) is 4.82. The highest BCUT2D eigenvalue weighted by atomic mass is 19.3. The summed E-state index contributed by atoms with van der Waals surface area (Å²) >= 11 is 0. The number of esters is 1. The Balaban J connectivity index is 2.36. The summed E-state index contributed by atoms with van der Waals surface area (Å²) in [4.78, 5) is 15.2. The van der Waals surface area contributed by atoms with Crippen molar-refractivity contribution in [1.82, 2.24) is 4.98 Å². The van der Waals surface area contributed by atoms with Gasteiger partial charge in [0, 0.05) is 12.6 Å². The lowest BCUT2D eigenvalue weighted by Gasteiger charge is -2.10. The van der Waals surface area contributed by atoms with Crippen molar-refractivity contribution in [2.45, 2.75) is 19.8 Å². The minimum Gasteiger partial charge on any atom is -0.461 e. The maximum absolute atomic E-state index is 12.0. The topological polar surface area (TPSA) is 39.2 Å². The first kappa shape index (κ1) is 12.5. The number of hydrogen-bond acceptors (Lipinski definition) is 3. The van der Waals surface area contributed by atoms with E-state index < -0.39 is 12.4 Å². The second kappa shape index (κ2) is 6.15. The van der Waals surface area contributed by atoms with Crippen molar-refractivity contribution in [2.75, 3.05) is 6.61 Å². The van der Waals surface area contributed by atoms with Crippen molar-refractivity contribution in [3.8, 4) is 0 Å². The molecule has 0 spiro atoms. The Morgan fingerprint density at radius 1 is 1.50 bits per heavy atom. The van der Waals surface area contributed by atoms with Crippen LogP contribution in [0, 0.1) is 5.92 Å². The number of hydrogen-bond donors (Lipinski definition) is 0. The number of carbonyl (C=O) groups is 1. The third kappa shape index (κ3) is 4.33. The Morgan fingerprint density at radius 3 is 2.81 bits per heavy atom. The quantitative estimate of drug-likeness (QED) is 0.728. The van der Waals surface area contributed by atoms with Gasteiger partial charge in [-0.15, -0.1) is 0 Å². The fourth-order valence-electron chi connectivity index (χ4n) is 1.15. The average molecular weight is 229 g/mol. The fourth-order valence-corrected chi connectivity index (χ4v) is 1.15. The molecule has 88 valence electrons. The van der Waals surface area contributed by atoms with E-state index in [1.165, 1.54) is 12.3 Å². The van der Waals surface area contributed by atoms with Crippen molar-refractivity contribution in [1.29, 1.82) is 0 Å². The van der Waals surface area contributed by atoms with Gasteiger partial charge < -0.3 is 4.74 Å². The lowest BCUT2D eigenvalue weighted by molar-refractivity contribution is 0.0364. The molecule has 0 saturated heterocycles. The number of aromatic nitrogens is 1. The van der Waals surface area contributed by atoms with Gasteiger partial charge >= 0.3 is 5.97 Å². The molecule has 1 aromatic heterocycles. The molecule has 0 radical (unpaired) electrons. The number of rotatable bonds is 5. The maximum Gasteiger partial charge on any atom is 0.356 e. The monoisotopic (exact) mass is 229 g/mol. The molecule has 0 saturated carbocycles. The van der Waals surface area contributed by atoms with Gasteiger partial charge in [-0.3, -0.25) is 0 Å². The molecule has 1 unspecified atom stereocenters. The zero-order valence-electron chi connectivity index (χ0n) is 8.90. The van der Waals surface area contributed by atoms with Gasteiger partial charge in [0.1, 0.15) is 5.69 Å². The van der Waals surface area contributed by atoms with Crippen LogP contribution in [0.25, 0.3) is 0 Å². The van der Waals surface area contributed by atoms with E-state index in [2.05, 4.69) is 4.98 Å². The summed E-state index contributed by atoms with van der Waals surface area (Å²) in [6, 6.07) is 4.85. The molecule has 0 fully saturated rings. The van der Waals surface area contributed by atoms with Crippen LogP contribution in [0.5, 0.6) is 0 Å². The van der Waals surface area contributed by atoms with Crippen LogP contribution in [0.15, 0.2) is 24.4 Å². The van der Waals surface area contributed by atoms with Crippen molar-refractivity contribution in [3.63, 3.8) is 0 Å². The van der Waals surface area contributed by atoms with Crippen molar-refractivity contribution in [2.24, 2.45) is 5.92 Å². The molecule has 1 atom stereocenters. The summed E-state index contributed by atoms with van der Waals surface area (Å²) in [7, 11) is 0. The highest BCUT2D eigenvalue weighted by Crippen LogP contribution is 2.11. The van der Waals surface area contributed by atoms with E-state index in [9.17, 15) is 13.6 Å². The smallest absolute Gasteiger partial charge is 0.356 e. The second-order valence-corrected chi connectivity index (χ2v) is 3.55. The minimum absolute atomic E-state index is 0.0141. The fraction of sp³-hybridized carbons (Fsp3) is 0.455. The number of nitrogens with zero attached hydrogens (tertiary/aromatic N) is 1. The van der Waals surface area contributed by atoms with Crippen LogP contribution in [-0.4, -0.2) is 24.0 Å². The molecule has 0 aliphatic carbocycles. The average Bonchev–Trinajstić information content (AvgIpc) is 2.26. The summed E-state index contributed by atoms with van der Waals surface area (Å²) < 4.78 is 28.8. The molecular formula is C11H13F2NO2. The molecule has 5 heteroatoms. The molecule has 0 aliphatic rings. The Labute approximate surface area is 92.4 Å². The lowest BCUT2D eigenvalue weighted by atomic mass is 10.1. The molecule has 0 amide bonds. The van der Waals surface area contributed by atoms with Crippen molar-refractivity contribution >= 4 is 5.97 Å². The van der Waals surface area contributed by atoms with Gasteiger partial charge in [0.15, 0.2) is 0 Å². The lowest BCUT2D eigenvalue weighted by Crippen LogP contribution is -2.15. The SMILES string of the molecule is CC(COC(=O)c1ccccn1)CC(F)F. The highest BCUT2D eigenvalue weighted by molar-refractivity contribution is 5.87. The summed E-state index contributed by atoms with van der Waals surface area (Å²) in [6.07, 6.45) is -1.17. The third-order valence-corrected chi connectivity index (χ3v) is 1.95. The molecule has 3 nitrogen and oxygen atoms in total. The predicted molar refractivity (Wildman–Crippen MR) is 54.3 cm³/mol. The van der Waals surface area contributed by atoms with E-state index in [0.717, 1.165) is 0 Å². The first-order chi connectivity index (χ1) is 7.59. The first-order valence-corrected chi connectivity index (χ1v) is 4.96. The molecular weight excluding hydrogens is 216 g/mol. The van der Waals surface area contributed by atoms with Gasteiger partial charge in [-0.2, -0.15) is 0 Å². The molecule has 1 heterocycles. The number of ether oxygens (including phenoxy) is 1. The molecule has 0 aliphatic heterocycles. The third-order valence-electron chi connectivity index (χ3n) is 1.95. The molecule has 0 N–H and O–H groups in total. The predicted octanol–water partition coefficient (Wildman–Crippen LogP) is 2.53. The number of alkyl halides is 2.